The quantitative estimate of drug-likeness (QED) is 0.236. The summed E-state index contributed by atoms with van der Waals surface area (Å²) in [5, 5.41) is 79.5. The number of nitrogens with one attached hydrogen (secondary N) is 1. The summed E-state index contributed by atoms with van der Waals surface area (Å²) in [6.45, 7) is -1.26. The van der Waals surface area contributed by atoms with Crippen LogP contribution in [0.5, 0.6) is 0 Å². The van der Waals surface area contributed by atoms with Gasteiger partial charge in [-0.3, -0.25) is 5.32 Å². The van der Waals surface area contributed by atoms with Crippen molar-refractivity contribution < 1.29 is 50.3 Å². The number of hydrogen-bond donors (Lipinski definition) is 9. The number of hydrogen-bond acceptors (Lipinski definition) is 11. The third kappa shape index (κ3) is 3.65. The molecule has 0 spiro atoms. The van der Waals surface area contributed by atoms with Gasteiger partial charge in [0.15, 0.2) is 6.29 Å². The highest BCUT2D eigenvalue weighted by Gasteiger charge is 2.48. The summed E-state index contributed by atoms with van der Waals surface area (Å²) in [7, 11) is 0. The number of ether oxygens (including phenoxy) is 2. The average Bonchev–Trinajstić information content (AvgIpc) is 2.54. The molecule has 0 aromatic carbocycles. The van der Waals surface area contributed by atoms with Crippen molar-refractivity contribution in [1.82, 2.24) is 5.32 Å². The summed E-state index contributed by atoms with van der Waals surface area (Å²) in [4.78, 5) is 0. The Morgan fingerprint density at radius 1 is 0.652 bits per heavy atom. The predicted molar refractivity (Wildman–Crippen MR) is 70.7 cm³/mol. The highest BCUT2D eigenvalue weighted by molar-refractivity contribution is 4.97. The van der Waals surface area contributed by atoms with E-state index in [1.165, 1.54) is 0 Å². The highest BCUT2D eigenvalue weighted by Crippen LogP contribution is 2.24. The Morgan fingerprint density at radius 3 is 1.74 bits per heavy atom. The zero-order chi connectivity index (χ0) is 17.3. The fourth-order valence-corrected chi connectivity index (χ4v) is 2.71. The van der Waals surface area contributed by atoms with E-state index in [0.29, 0.717) is 0 Å². The molecule has 2 aliphatic rings. The zero-order valence-electron chi connectivity index (χ0n) is 12.1. The van der Waals surface area contributed by atoms with Crippen molar-refractivity contribution in [2.24, 2.45) is 0 Å². The molecule has 10 atom stereocenters. The lowest BCUT2D eigenvalue weighted by Gasteiger charge is -2.45. The average molecular weight is 341 g/mol. The second kappa shape index (κ2) is 7.63. The molecule has 0 unspecified atom stereocenters. The van der Waals surface area contributed by atoms with E-state index < -0.39 is 74.5 Å². The molecule has 2 rings (SSSR count). The first-order chi connectivity index (χ1) is 10.8. The Bertz CT molecular complexity index is 385. The summed E-state index contributed by atoms with van der Waals surface area (Å²) < 4.78 is 10.1. The van der Waals surface area contributed by atoms with Gasteiger partial charge in [0.05, 0.1) is 19.3 Å². The van der Waals surface area contributed by atoms with Crippen LogP contribution < -0.4 is 5.32 Å². The van der Waals surface area contributed by atoms with Gasteiger partial charge in [0.1, 0.15) is 49.0 Å². The molecular formula is C12H23NO10. The van der Waals surface area contributed by atoms with Gasteiger partial charge >= 0.3 is 0 Å². The van der Waals surface area contributed by atoms with Gasteiger partial charge < -0.3 is 50.3 Å². The Morgan fingerprint density at radius 2 is 1.17 bits per heavy atom. The monoisotopic (exact) mass is 341 g/mol. The number of aliphatic hydroxyl groups excluding tert-OH is 8. The molecule has 23 heavy (non-hydrogen) atoms. The van der Waals surface area contributed by atoms with Crippen LogP contribution in [0.3, 0.4) is 0 Å². The minimum atomic E-state index is -1.64. The van der Waals surface area contributed by atoms with Gasteiger partial charge in [0.25, 0.3) is 0 Å². The van der Waals surface area contributed by atoms with E-state index in [4.69, 9.17) is 19.7 Å². The topological polar surface area (TPSA) is 192 Å². The Labute approximate surface area is 131 Å². The molecule has 2 fully saturated rings. The van der Waals surface area contributed by atoms with E-state index in [1.54, 1.807) is 0 Å². The van der Waals surface area contributed by atoms with Crippen LogP contribution in [0.15, 0.2) is 0 Å². The Balaban J connectivity index is 2.08. The summed E-state index contributed by atoms with van der Waals surface area (Å²) >= 11 is 0. The minimum Gasteiger partial charge on any atom is -0.394 e. The van der Waals surface area contributed by atoms with Gasteiger partial charge in [-0.25, -0.2) is 0 Å². The second-order valence-corrected chi connectivity index (χ2v) is 5.67. The van der Waals surface area contributed by atoms with Gasteiger partial charge in [0.2, 0.25) is 0 Å². The van der Waals surface area contributed by atoms with Crippen LogP contribution in [-0.2, 0) is 9.47 Å². The van der Waals surface area contributed by atoms with E-state index in [0.717, 1.165) is 0 Å². The van der Waals surface area contributed by atoms with Crippen LogP contribution in [0.25, 0.3) is 0 Å². The van der Waals surface area contributed by atoms with Crippen molar-refractivity contribution in [3.63, 3.8) is 0 Å². The third-order valence-corrected chi connectivity index (χ3v) is 4.15. The molecule has 0 amide bonds. The maximum absolute atomic E-state index is 10.0. The summed E-state index contributed by atoms with van der Waals surface area (Å²) in [5.41, 5.74) is 0. The number of aliphatic hydroxyl groups is 8. The van der Waals surface area contributed by atoms with E-state index in [1.807, 2.05) is 0 Å². The van der Waals surface area contributed by atoms with E-state index in [-0.39, 0.29) is 0 Å². The van der Waals surface area contributed by atoms with Gasteiger partial charge in [-0.2, -0.15) is 0 Å². The predicted octanol–water partition coefficient (Wildman–Crippen LogP) is -5.82. The lowest BCUT2D eigenvalue weighted by molar-refractivity contribution is -0.277. The van der Waals surface area contributed by atoms with Gasteiger partial charge in [-0.1, -0.05) is 0 Å². The molecule has 0 saturated carbocycles. The SMILES string of the molecule is OC[C@H]1O[C@@H](N[C@@H]2[C@@H](O)[C@H](O)[C@@H](CO)O[C@H]2O)[C@H](O)[C@@H](O)[C@@H]1O. The van der Waals surface area contributed by atoms with Crippen LogP contribution in [0.1, 0.15) is 0 Å². The summed E-state index contributed by atoms with van der Waals surface area (Å²) in [6, 6.07) is -1.31. The fourth-order valence-electron chi connectivity index (χ4n) is 2.71. The molecule has 2 aliphatic heterocycles. The van der Waals surface area contributed by atoms with Crippen molar-refractivity contribution in [1.29, 1.82) is 0 Å². The standard InChI is InChI=1S/C12H23NO10/c14-1-3-7(17)9(19)10(20)11(22-3)13-5-8(18)6(16)4(2-15)23-12(5)21/h3-21H,1-2H2/t3-,4-,5-,6-,7-,8-,9+,10-,11-,12-/m1/s1. The van der Waals surface area contributed by atoms with E-state index in [9.17, 15) is 30.6 Å². The number of rotatable bonds is 4. The largest absolute Gasteiger partial charge is 0.394 e. The third-order valence-electron chi connectivity index (χ3n) is 4.15. The fraction of sp³-hybridized carbons (Fsp3) is 1.00. The Hall–Kier alpha value is -0.440. The van der Waals surface area contributed by atoms with Crippen LogP contribution in [0.4, 0.5) is 0 Å². The van der Waals surface area contributed by atoms with Crippen LogP contribution >= 0.6 is 0 Å². The van der Waals surface area contributed by atoms with Gasteiger partial charge in [-0.15, -0.1) is 0 Å². The molecule has 0 bridgehead atoms. The molecule has 2 heterocycles. The zero-order valence-corrected chi connectivity index (χ0v) is 12.1. The minimum absolute atomic E-state index is 0.623. The van der Waals surface area contributed by atoms with Crippen LogP contribution in [-0.4, -0.2) is 115 Å². The van der Waals surface area contributed by atoms with Gasteiger partial charge in [-0.05, 0) is 0 Å². The van der Waals surface area contributed by atoms with Crippen molar-refractivity contribution >= 4 is 0 Å². The molecule has 136 valence electrons. The normalized spacial score (nSPS) is 51.7. The maximum atomic E-state index is 10.0. The molecule has 2 saturated heterocycles. The molecule has 0 radical (unpaired) electrons. The lowest BCUT2D eigenvalue weighted by Crippen LogP contribution is -2.69. The molecule has 11 heteroatoms. The van der Waals surface area contributed by atoms with E-state index in [2.05, 4.69) is 5.32 Å². The summed E-state index contributed by atoms with van der Waals surface area (Å²) in [6.07, 6.45) is -13.2. The summed E-state index contributed by atoms with van der Waals surface area (Å²) in [5.74, 6) is 0. The second-order valence-electron chi connectivity index (χ2n) is 5.67. The molecule has 0 aromatic rings. The molecule has 0 aliphatic carbocycles. The molecule has 11 nitrogen and oxygen atoms in total. The Kier molecular flexibility index (Phi) is 6.27. The van der Waals surface area contributed by atoms with Crippen LogP contribution in [0.2, 0.25) is 0 Å². The lowest BCUT2D eigenvalue weighted by atomic mass is 9.94. The first-order valence-corrected chi connectivity index (χ1v) is 7.18. The first kappa shape index (κ1) is 18.9. The van der Waals surface area contributed by atoms with Crippen molar-refractivity contribution in [3.05, 3.63) is 0 Å². The van der Waals surface area contributed by atoms with E-state index >= 15 is 0 Å². The smallest absolute Gasteiger partial charge is 0.173 e. The first-order valence-electron chi connectivity index (χ1n) is 7.18. The highest BCUT2D eigenvalue weighted by atomic mass is 16.6. The van der Waals surface area contributed by atoms with Crippen molar-refractivity contribution in [2.45, 2.75) is 61.3 Å². The van der Waals surface area contributed by atoms with Gasteiger partial charge in [0, 0.05) is 0 Å². The van der Waals surface area contributed by atoms with Crippen molar-refractivity contribution in [3.8, 4) is 0 Å². The molecule has 9 N–H and O–H groups in total. The maximum Gasteiger partial charge on any atom is 0.173 e. The van der Waals surface area contributed by atoms with Crippen LogP contribution in [0, 0.1) is 0 Å². The van der Waals surface area contributed by atoms with Crippen molar-refractivity contribution in [2.75, 3.05) is 13.2 Å². The molecule has 0 aromatic heterocycles. The molecular weight excluding hydrogens is 318 g/mol.